The molecule has 0 atom stereocenters. The van der Waals surface area contributed by atoms with Crippen molar-refractivity contribution < 1.29 is 12.8 Å². The van der Waals surface area contributed by atoms with E-state index in [2.05, 4.69) is 14.9 Å². The molecule has 0 saturated carbocycles. The van der Waals surface area contributed by atoms with Crippen LogP contribution in [0.25, 0.3) is 0 Å². The van der Waals surface area contributed by atoms with Crippen LogP contribution < -0.4 is 4.72 Å². The zero-order valence-electron chi connectivity index (χ0n) is 8.94. The second-order valence-corrected chi connectivity index (χ2v) is 5.12. The topological polar surface area (TPSA) is 74.8 Å². The molecule has 17 heavy (non-hydrogen) atoms. The fraction of sp³-hybridized carbons (Fsp3) is 0.100. The van der Waals surface area contributed by atoms with Gasteiger partial charge in [-0.15, -0.1) is 0 Å². The molecule has 2 rings (SSSR count). The number of aryl methyl sites for hydroxylation is 1. The molecule has 7 heteroatoms. The number of aromatic nitrogens is 2. The summed E-state index contributed by atoms with van der Waals surface area (Å²) in [6, 6.07) is 5.06. The van der Waals surface area contributed by atoms with Gasteiger partial charge in [0.05, 0.1) is 11.9 Å². The third-order valence-corrected chi connectivity index (χ3v) is 3.66. The van der Waals surface area contributed by atoms with Crippen molar-refractivity contribution in [2.75, 3.05) is 4.72 Å². The Balaban J connectivity index is 2.30. The summed E-state index contributed by atoms with van der Waals surface area (Å²) in [7, 11) is -3.68. The van der Waals surface area contributed by atoms with Crippen molar-refractivity contribution in [3.05, 3.63) is 42.0 Å². The Labute approximate surface area is 97.7 Å². The highest BCUT2D eigenvalue weighted by Crippen LogP contribution is 2.17. The minimum absolute atomic E-state index is 0.0711. The molecule has 2 aromatic rings. The highest BCUT2D eigenvalue weighted by atomic mass is 32.2. The largest absolute Gasteiger partial charge is 0.281 e. The maximum atomic E-state index is 12.7. The normalized spacial score (nSPS) is 11.4. The molecule has 0 amide bonds. The molecule has 0 saturated heterocycles. The van der Waals surface area contributed by atoms with Crippen LogP contribution in [0.4, 0.5) is 10.1 Å². The molecular weight excluding hydrogens is 245 g/mol. The third kappa shape index (κ3) is 2.44. The van der Waals surface area contributed by atoms with E-state index in [0.717, 1.165) is 0 Å². The molecule has 1 aromatic heterocycles. The van der Waals surface area contributed by atoms with Crippen LogP contribution in [0.1, 0.15) is 5.69 Å². The van der Waals surface area contributed by atoms with Crippen molar-refractivity contribution in [3.8, 4) is 0 Å². The van der Waals surface area contributed by atoms with Gasteiger partial charge in [-0.05, 0) is 31.2 Å². The average Bonchev–Trinajstić information content (AvgIpc) is 2.68. The first-order valence-electron chi connectivity index (χ1n) is 4.77. The fourth-order valence-electron chi connectivity index (χ4n) is 1.34. The van der Waals surface area contributed by atoms with Crippen LogP contribution in [0, 0.1) is 12.7 Å². The van der Waals surface area contributed by atoms with E-state index in [-0.39, 0.29) is 4.90 Å². The number of rotatable bonds is 3. The van der Waals surface area contributed by atoms with Crippen LogP contribution >= 0.6 is 0 Å². The number of hydrogen-bond donors (Lipinski definition) is 2. The monoisotopic (exact) mass is 255 g/mol. The van der Waals surface area contributed by atoms with Gasteiger partial charge in [-0.25, -0.2) is 12.8 Å². The van der Waals surface area contributed by atoms with Crippen LogP contribution in [0.15, 0.2) is 35.4 Å². The lowest BCUT2D eigenvalue weighted by Crippen LogP contribution is -2.13. The maximum Gasteiger partial charge on any atom is 0.265 e. The van der Waals surface area contributed by atoms with Gasteiger partial charge in [0.1, 0.15) is 10.7 Å². The number of nitrogens with zero attached hydrogens (tertiary/aromatic N) is 1. The second kappa shape index (κ2) is 4.17. The Bertz CT molecular complexity index is 619. The van der Waals surface area contributed by atoms with E-state index in [0.29, 0.717) is 11.4 Å². The molecule has 0 aliphatic rings. The summed E-state index contributed by atoms with van der Waals surface area (Å²) < 4.78 is 38.8. The van der Waals surface area contributed by atoms with Crippen molar-refractivity contribution in [1.29, 1.82) is 0 Å². The number of aromatic amines is 1. The van der Waals surface area contributed by atoms with Gasteiger partial charge < -0.3 is 0 Å². The Morgan fingerprint density at radius 3 is 2.47 bits per heavy atom. The lowest BCUT2D eigenvalue weighted by Gasteiger charge is -2.06. The molecular formula is C10H10FN3O2S. The van der Waals surface area contributed by atoms with Gasteiger partial charge in [0, 0.05) is 5.69 Å². The minimum atomic E-state index is -3.68. The summed E-state index contributed by atoms with van der Waals surface area (Å²) in [5.74, 6) is -0.424. The Morgan fingerprint density at radius 2 is 1.94 bits per heavy atom. The van der Waals surface area contributed by atoms with Gasteiger partial charge in [0.25, 0.3) is 10.0 Å². The first kappa shape index (κ1) is 11.6. The molecule has 2 N–H and O–H groups in total. The maximum absolute atomic E-state index is 12.7. The fourth-order valence-corrected chi connectivity index (χ4v) is 2.54. The summed E-state index contributed by atoms with van der Waals surface area (Å²) >= 11 is 0. The predicted octanol–water partition coefficient (Wildman–Crippen LogP) is 1.66. The van der Waals surface area contributed by atoms with Gasteiger partial charge in [-0.1, -0.05) is 0 Å². The van der Waals surface area contributed by atoms with Crippen molar-refractivity contribution >= 4 is 15.7 Å². The number of sulfonamides is 1. The summed E-state index contributed by atoms with van der Waals surface area (Å²) in [4.78, 5) is 0.0711. The molecule has 1 aromatic carbocycles. The van der Waals surface area contributed by atoms with E-state index in [1.807, 2.05) is 0 Å². The quantitative estimate of drug-likeness (QED) is 0.875. The first-order chi connectivity index (χ1) is 7.99. The second-order valence-electron chi connectivity index (χ2n) is 3.47. The van der Waals surface area contributed by atoms with Crippen molar-refractivity contribution in [3.63, 3.8) is 0 Å². The molecule has 5 nitrogen and oxygen atoms in total. The number of nitrogens with one attached hydrogen (secondary N) is 2. The molecule has 0 spiro atoms. The van der Waals surface area contributed by atoms with E-state index >= 15 is 0 Å². The van der Waals surface area contributed by atoms with Crippen LogP contribution in [0.5, 0.6) is 0 Å². The van der Waals surface area contributed by atoms with E-state index in [1.165, 1.54) is 30.5 Å². The van der Waals surface area contributed by atoms with Crippen LogP contribution in [0.2, 0.25) is 0 Å². The number of anilines is 1. The van der Waals surface area contributed by atoms with E-state index in [9.17, 15) is 12.8 Å². The van der Waals surface area contributed by atoms with E-state index < -0.39 is 15.8 Å². The zero-order chi connectivity index (χ0) is 12.5. The SMILES string of the molecule is Cc1[nH]ncc1S(=O)(=O)Nc1ccc(F)cc1. The lowest BCUT2D eigenvalue weighted by molar-refractivity contribution is 0.600. The number of H-pyrrole nitrogens is 1. The van der Waals surface area contributed by atoms with E-state index in [1.54, 1.807) is 6.92 Å². The molecule has 0 bridgehead atoms. The summed E-state index contributed by atoms with van der Waals surface area (Å²) in [5, 5.41) is 6.18. The zero-order valence-corrected chi connectivity index (χ0v) is 9.75. The molecule has 1 heterocycles. The molecule has 0 aliphatic carbocycles. The van der Waals surface area contributed by atoms with Crippen LogP contribution in [-0.2, 0) is 10.0 Å². The van der Waals surface area contributed by atoms with Gasteiger partial charge >= 0.3 is 0 Å². The van der Waals surface area contributed by atoms with Crippen LogP contribution in [0.3, 0.4) is 0 Å². The molecule has 90 valence electrons. The Hall–Kier alpha value is -1.89. The number of halogens is 1. The van der Waals surface area contributed by atoms with Gasteiger partial charge in [0.2, 0.25) is 0 Å². The average molecular weight is 255 g/mol. The lowest BCUT2D eigenvalue weighted by atomic mass is 10.3. The number of benzene rings is 1. The minimum Gasteiger partial charge on any atom is -0.281 e. The molecule has 0 radical (unpaired) electrons. The summed E-state index contributed by atoms with van der Waals surface area (Å²) in [6.07, 6.45) is 1.22. The van der Waals surface area contributed by atoms with Crippen molar-refractivity contribution in [1.82, 2.24) is 10.2 Å². The smallest absolute Gasteiger partial charge is 0.265 e. The third-order valence-electron chi connectivity index (χ3n) is 2.17. The first-order valence-corrected chi connectivity index (χ1v) is 6.26. The molecule has 0 fully saturated rings. The van der Waals surface area contributed by atoms with Crippen molar-refractivity contribution in [2.45, 2.75) is 11.8 Å². The number of hydrogen-bond acceptors (Lipinski definition) is 3. The Morgan fingerprint density at radius 1 is 1.29 bits per heavy atom. The summed E-state index contributed by atoms with van der Waals surface area (Å²) in [5.41, 5.74) is 0.742. The van der Waals surface area contributed by atoms with Gasteiger partial charge in [0.15, 0.2) is 0 Å². The predicted molar refractivity (Wildman–Crippen MR) is 60.5 cm³/mol. The Kier molecular flexibility index (Phi) is 2.84. The summed E-state index contributed by atoms with van der Waals surface area (Å²) in [6.45, 7) is 1.60. The standard InChI is InChI=1S/C10H10FN3O2S/c1-7-10(6-12-13-7)17(15,16)14-9-4-2-8(11)3-5-9/h2-6,14H,1H3,(H,12,13). The van der Waals surface area contributed by atoms with Gasteiger partial charge in [-0.2, -0.15) is 5.10 Å². The molecule has 0 aliphatic heterocycles. The van der Waals surface area contributed by atoms with Crippen molar-refractivity contribution in [2.24, 2.45) is 0 Å². The molecule has 0 unspecified atom stereocenters. The van der Waals surface area contributed by atoms with Crippen LogP contribution in [-0.4, -0.2) is 18.6 Å². The highest BCUT2D eigenvalue weighted by molar-refractivity contribution is 7.92. The highest BCUT2D eigenvalue weighted by Gasteiger charge is 2.18. The van der Waals surface area contributed by atoms with Gasteiger partial charge in [-0.3, -0.25) is 9.82 Å². The van der Waals surface area contributed by atoms with E-state index in [4.69, 9.17) is 0 Å².